The summed E-state index contributed by atoms with van der Waals surface area (Å²) in [6, 6.07) is 47.9. The number of aryl methyl sites for hydroxylation is 1. The summed E-state index contributed by atoms with van der Waals surface area (Å²) >= 11 is 0. The Morgan fingerprint density at radius 3 is 0.967 bits per heavy atom. The minimum absolute atomic E-state index is 1.14. The van der Waals surface area contributed by atoms with Crippen LogP contribution < -0.4 is 0 Å². The largest absolute Gasteiger partial charge is 0.0622 e. The van der Waals surface area contributed by atoms with Crippen LogP contribution in [0.25, 0.3) is 21.9 Å². The molecule has 5 rings (SSSR count). The molecule has 0 unspecified atom stereocenters. The van der Waals surface area contributed by atoms with Gasteiger partial charge in [-0.05, 0) is 33.9 Å². The average Bonchev–Trinajstić information content (AvgIpc) is 2.86. The highest BCUT2D eigenvalue weighted by Gasteiger charge is 1.91. The van der Waals surface area contributed by atoms with Gasteiger partial charge in [0.15, 0.2) is 0 Å². The lowest BCUT2D eigenvalue weighted by atomic mass is 10.1. The molecule has 0 N–H and O–H groups in total. The molecule has 0 saturated carbocycles. The molecule has 0 bridgehead atoms. The van der Waals surface area contributed by atoms with Gasteiger partial charge in [0.2, 0.25) is 0 Å². The van der Waals surface area contributed by atoms with E-state index >= 15 is 0 Å². The standard InChI is InChI=1S/C12H10.C10H8.C8H10/c1-3-7-11(8-4-1)12-9-5-2-6-10-12;1-2-6-10-8-4-3-7-9(10)5-1;1-2-8-6-4-3-5-7-8/h1-10H;1-8H;3-7H,2H2,1H3. The highest BCUT2D eigenvalue weighted by Crippen LogP contribution is 2.17. The molecule has 0 heteroatoms. The highest BCUT2D eigenvalue weighted by atomic mass is 14.0. The molecule has 5 aromatic rings. The van der Waals surface area contributed by atoms with Crippen LogP contribution in [0, 0.1) is 0 Å². The van der Waals surface area contributed by atoms with E-state index in [2.05, 4.69) is 128 Å². The molecule has 5 aromatic carbocycles. The van der Waals surface area contributed by atoms with Crippen LogP contribution in [-0.2, 0) is 6.42 Å². The Kier molecular flexibility index (Phi) is 8.46. The molecule has 148 valence electrons. The van der Waals surface area contributed by atoms with Crippen LogP contribution in [0.1, 0.15) is 12.5 Å². The molecule has 0 amide bonds. The Bertz CT molecular complexity index is 995. The van der Waals surface area contributed by atoms with E-state index in [1.54, 1.807) is 0 Å². The van der Waals surface area contributed by atoms with Crippen LogP contribution in [0.2, 0.25) is 0 Å². The first kappa shape index (κ1) is 21.1. The monoisotopic (exact) mass is 388 g/mol. The quantitative estimate of drug-likeness (QED) is 0.284. The molecule has 0 spiro atoms. The van der Waals surface area contributed by atoms with Crippen molar-refractivity contribution in [2.45, 2.75) is 13.3 Å². The van der Waals surface area contributed by atoms with E-state index in [9.17, 15) is 0 Å². The van der Waals surface area contributed by atoms with Crippen molar-refractivity contribution < 1.29 is 0 Å². The van der Waals surface area contributed by atoms with E-state index < -0.39 is 0 Å². The minimum atomic E-state index is 1.14. The van der Waals surface area contributed by atoms with Gasteiger partial charge in [-0.1, -0.05) is 146 Å². The van der Waals surface area contributed by atoms with Crippen molar-refractivity contribution in [1.29, 1.82) is 0 Å². The first-order valence-electron chi connectivity index (χ1n) is 10.4. The normalized spacial score (nSPS) is 9.63. The van der Waals surface area contributed by atoms with Gasteiger partial charge < -0.3 is 0 Å². The fourth-order valence-corrected chi connectivity index (χ4v) is 3.11. The highest BCUT2D eigenvalue weighted by molar-refractivity contribution is 5.82. The first-order valence-corrected chi connectivity index (χ1v) is 10.4. The molecule has 0 aliphatic carbocycles. The van der Waals surface area contributed by atoms with E-state index in [0.717, 1.165) is 6.42 Å². The molecule has 0 saturated heterocycles. The fraction of sp³-hybridized carbons (Fsp3) is 0.0667. The Hall–Kier alpha value is -3.64. The van der Waals surface area contributed by atoms with E-state index in [1.165, 1.54) is 27.5 Å². The smallest absolute Gasteiger partial charge is 0.0184 e. The SMILES string of the molecule is CCc1ccccc1.c1ccc(-c2ccccc2)cc1.c1ccc2ccccc2c1. The van der Waals surface area contributed by atoms with Gasteiger partial charge in [0.05, 0.1) is 0 Å². The van der Waals surface area contributed by atoms with E-state index in [-0.39, 0.29) is 0 Å². The summed E-state index contributed by atoms with van der Waals surface area (Å²) < 4.78 is 0. The number of hydrogen-bond acceptors (Lipinski definition) is 0. The van der Waals surface area contributed by atoms with Gasteiger partial charge in [0.25, 0.3) is 0 Å². The maximum atomic E-state index is 2.16. The van der Waals surface area contributed by atoms with Gasteiger partial charge in [-0.3, -0.25) is 0 Å². The average molecular weight is 389 g/mol. The third-order valence-electron chi connectivity index (χ3n) is 4.79. The Morgan fingerprint density at radius 2 is 0.667 bits per heavy atom. The zero-order chi connectivity index (χ0) is 20.9. The summed E-state index contributed by atoms with van der Waals surface area (Å²) in [5.74, 6) is 0. The summed E-state index contributed by atoms with van der Waals surface area (Å²) in [6.45, 7) is 2.16. The van der Waals surface area contributed by atoms with Gasteiger partial charge in [0.1, 0.15) is 0 Å². The number of fused-ring (bicyclic) bond motifs is 1. The number of rotatable bonds is 2. The van der Waals surface area contributed by atoms with Crippen LogP contribution in [-0.4, -0.2) is 0 Å². The second-order valence-corrected chi connectivity index (χ2v) is 6.92. The predicted molar refractivity (Wildman–Crippen MR) is 132 cm³/mol. The van der Waals surface area contributed by atoms with Crippen molar-refractivity contribution in [2.75, 3.05) is 0 Å². The zero-order valence-corrected chi connectivity index (χ0v) is 17.5. The van der Waals surface area contributed by atoms with Gasteiger partial charge in [-0.25, -0.2) is 0 Å². The second kappa shape index (κ2) is 12.0. The molecule has 0 heterocycles. The van der Waals surface area contributed by atoms with Crippen molar-refractivity contribution in [2.24, 2.45) is 0 Å². The zero-order valence-electron chi connectivity index (χ0n) is 17.5. The summed E-state index contributed by atoms with van der Waals surface area (Å²) in [6.07, 6.45) is 1.14. The van der Waals surface area contributed by atoms with E-state index in [1.807, 2.05) is 18.2 Å². The Balaban J connectivity index is 0.000000131. The third kappa shape index (κ3) is 6.76. The van der Waals surface area contributed by atoms with Crippen LogP contribution in [0.15, 0.2) is 140 Å². The summed E-state index contributed by atoms with van der Waals surface area (Å²) in [7, 11) is 0. The molecular weight excluding hydrogens is 360 g/mol. The fourth-order valence-electron chi connectivity index (χ4n) is 3.11. The Morgan fingerprint density at radius 1 is 0.367 bits per heavy atom. The molecule has 30 heavy (non-hydrogen) atoms. The van der Waals surface area contributed by atoms with Crippen molar-refractivity contribution in [3.8, 4) is 11.1 Å². The number of hydrogen-bond donors (Lipinski definition) is 0. The third-order valence-corrected chi connectivity index (χ3v) is 4.79. The van der Waals surface area contributed by atoms with Crippen molar-refractivity contribution in [3.63, 3.8) is 0 Å². The molecular formula is C30H28. The van der Waals surface area contributed by atoms with Gasteiger partial charge in [-0.15, -0.1) is 0 Å². The lowest BCUT2D eigenvalue weighted by Gasteiger charge is -1.98. The summed E-state index contributed by atoms with van der Waals surface area (Å²) in [4.78, 5) is 0. The second-order valence-electron chi connectivity index (χ2n) is 6.92. The lowest BCUT2D eigenvalue weighted by molar-refractivity contribution is 1.14. The topological polar surface area (TPSA) is 0 Å². The number of benzene rings is 5. The predicted octanol–water partition coefficient (Wildman–Crippen LogP) is 8.44. The maximum absolute atomic E-state index is 2.16. The van der Waals surface area contributed by atoms with Crippen LogP contribution in [0.5, 0.6) is 0 Å². The lowest BCUT2D eigenvalue weighted by Crippen LogP contribution is -1.73. The molecule has 0 fully saturated rings. The first-order chi connectivity index (χ1) is 14.9. The molecule has 0 atom stereocenters. The van der Waals surface area contributed by atoms with E-state index in [4.69, 9.17) is 0 Å². The molecule has 0 nitrogen and oxygen atoms in total. The Labute approximate surface area is 180 Å². The van der Waals surface area contributed by atoms with Crippen molar-refractivity contribution in [3.05, 3.63) is 145 Å². The molecule has 0 radical (unpaired) electrons. The van der Waals surface area contributed by atoms with Crippen molar-refractivity contribution in [1.82, 2.24) is 0 Å². The molecule has 0 aromatic heterocycles. The van der Waals surface area contributed by atoms with Crippen LogP contribution in [0.4, 0.5) is 0 Å². The molecule has 0 aliphatic heterocycles. The van der Waals surface area contributed by atoms with Crippen molar-refractivity contribution >= 4 is 10.8 Å². The van der Waals surface area contributed by atoms with E-state index in [0.29, 0.717) is 0 Å². The minimum Gasteiger partial charge on any atom is -0.0622 e. The van der Waals surface area contributed by atoms with Gasteiger partial charge in [0, 0.05) is 0 Å². The van der Waals surface area contributed by atoms with Crippen LogP contribution in [0.3, 0.4) is 0 Å². The van der Waals surface area contributed by atoms with Crippen LogP contribution >= 0.6 is 0 Å². The summed E-state index contributed by atoms with van der Waals surface area (Å²) in [5.41, 5.74) is 3.96. The van der Waals surface area contributed by atoms with Gasteiger partial charge >= 0.3 is 0 Å². The summed E-state index contributed by atoms with van der Waals surface area (Å²) in [5, 5.41) is 2.62. The van der Waals surface area contributed by atoms with Gasteiger partial charge in [-0.2, -0.15) is 0 Å². The maximum Gasteiger partial charge on any atom is -0.0184 e. The molecule has 0 aliphatic rings.